The van der Waals surface area contributed by atoms with Crippen molar-refractivity contribution in [3.63, 3.8) is 0 Å². The molecule has 0 saturated carbocycles. The highest BCUT2D eigenvalue weighted by atomic mass is 32.2. The first kappa shape index (κ1) is 9.35. The van der Waals surface area contributed by atoms with Crippen LogP contribution in [0.15, 0.2) is 0 Å². The highest BCUT2D eigenvalue weighted by molar-refractivity contribution is 7.99. The Morgan fingerprint density at radius 3 is 2.45 bits per heavy atom. The topological polar surface area (TPSA) is 46.2 Å². The van der Waals surface area contributed by atoms with E-state index in [0.717, 1.165) is 11.5 Å². The lowest BCUT2D eigenvalue weighted by atomic mass is 10.1. The van der Waals surface area contributed by atoms with Crippen molar-refractivity contribution >= 4 is 21.8 Å². The first-order valence-corrected chi connectivity index (χ1v) is 6.59. The number of hydrogen-bond acceptors (Lipinski definition) is 3. The summed E-state index contributed by atoms with van der Waals surface area (Å²) >= 11 is 1.80. The highest BCUT2D eigenvalue weighted by Gasteiger charge is 2.25. The van der Waals surface area contributed by atoms with E-state index in [0.29, 0.717) is 5.92 Å². The van der Waals surface area contributed by atoms with Crippen LogP contribution < -0.4 is 4.72 Å². The van der Waals surface area contributed by atoms with Crippen molar-refractivity contribution < 1.29 is 8.42 Å². The Kier molecular flexibility index (Phi) is 2.83. The fourth-order valence-electron chi connectivity index (χ4n) is 1.09. The molecule has 0 spiro atoms. The number of thioether (sulfide) groups is 1. The van der Waals surface area contributed by atoms with Crippen LogP contribution in [0.1, 0.15) is 6.92 Å². The SMILES string of the molecule is CC1CSCC1NS(C)(=O)=O. The van der Waals surface area contributed by atoms with Gasteiger partial charge in [-0.05, 0) is 11.7 Å². The van der Waals surface area contributed by atoms with E-state index in [-0.39, 0.29) is 6.04 Å². The summed E-state index contributed by atoms with van der Waals surface area (Å²) in [7, 11) is -3.00. The zero-order valence-corrected chi connectivity index (χ0v) is 8.33. The van der Waals surface area contributed by atoms with Crippen LogP contribution in [0.2, 0.25) is 0 Å². The molecule has 1 saturated heterocycles. The van der Waals surface area contributed by atoms with Gasteiger partial charge in [-0.3, -0.25) is 0 Å². The van der Waals surface area contributed by atoms with Crippen LogP contribution in [0.4, 0.5) is 0 Å². The molecule has 0 amide bonds. The van der Waals surface area contributed by atoms with Crippen molar-refractivity contribution in [2.45, 2.75) is 13.0 Å². The summed E-state index contributed by atoms with van der Waals surface area (Å²) in [5.41, 5.74) is 0. The predicted octanol–water partition coefficient (Wildman–Crippen LogP) is 0.287. The molecule has 5 heteroatoms. The van der Waals surface area contributed by atoms with Crippen LogP contribution in [0.25, 0.3) is 0 Å². The number of sulfonamides is 1. The molecule has 66 valence electrons. The molecule has 0 aliphatic carbocycles. The quantitative estimate of drug-likeness (QED) is 0.689. The summed E-state index contributed by atoms with van der Waals surface area (Å²) in [6.07, 6.45) is 1.21. The Morgan fingerprint density at radius 1 is 1.45 bits per heavy atom. The van der Waals surface area contributed by atoms with Crippen molar-refractivity contribution in [3.05, 3.63) is 0 Å². The molecule has 2 unspecified atom stereocenters. The summed E-state index contributed by atoms with van der Waals surface area (Å²) in [5.74, 6) is 2.44. The van der Waals surface area contributed by atoms with Gasteiger partial charge in [0.05, 0.1) is 6.26 Å². The van der Waals surface area contributed by atoms with Crippen LogP contribution in [0.3, 0.4) is 0 Å². The van der Waals surface area contributed by atoms with E-state index in [1.807, 2.05) is 0 Å². The molecular formula is C6H13NO2S2. The first-order valence-electron chi connectivity index (χ1n) is 3.54. The predicted molar refractivity (Wildman–Crippen MR) is 48.3 cm³/mol. The van der Waals surface area contributed by atoms with Gasteiger partial charge in [-0.1, -0.05) is 6.92 Å². The smallest absolute Gasteiger partial charge is 0.208 e. The Labute approximate surface area is 72.0 Å². The third-order valence-electron chi connectivity index (χ3n) is 1.73. The van der Waals surface area contributed by atoms with Gasteiger partial charge >= 0.3 is 0 Å². The van der Waals surface area contributed by atoms with E-state index in [1.54, 1.807) is 11.8 Å². The van der Waals surface area contributed by atoms with E-state index >= 15 is 0 Å². The third kappa shape index (κ3) is 3.01. The second-order valence-electron chi connectivity index (χ2n) is 3.01. The van der Waals surface area contributed by atoms with Gasteiger partial charge in [0, 0.05) is 11.8 Å². The first-order chi connectivity index (χ1) is 4.99. The van der Waals surface area contributed by atoms with Gasteiger partial charge in [0.25, 0.3) is 0 Å². The third-order valence-corrected chi connectivity index (χ3v) is 3.82. The Hall–Kier alpha value is 0.260. The molecule has 0 aromatic heterocycles. The van der Waals surface area contributed by atoms with Gasteiger partial charge in [-0.25, -0.2) is 13.1 Å². The minimum atomic E-state index is -3.00. The van der Waals surface area contributed by atoms with Gasteiger partial charge in [-0.2, -0.15) is 11.8 Å². The van der Waals surface area contributed by atoms with Gasteiger partial charge in [0.1, 0.15) is 0 Å². The molecule has 3 nitrogen and oxygen atoms in total. The van der Waals surface area contributed by atoms with E-state index in [4.69, 9.17) is 0 Å². The molecule has 1 fully saturated rings. The molecule has 0 radical (unpaired) electrons. The molecule has 1 heterocycles. The zero-order valence-electron chi connectivity index (χ0n) is 6.70. The molecule has 1 aliphatic heterocycles. The number of hydrogen-bond donors (Lipinski definition) is 1. The van der Waals surface area contributed by atoms with E-state index in [2.05, 4.69) is 11.6 Å². The Bertz CT molecular complexity index is 225. The molecule has 11 heavy (non-hydrogen) atoms. The number of nitrogens with one attached hydrogen (secondary N) is 1. The lowest BCUT2D eigenvalue weighted by Crippen LogP contribution is -2.37. The van der Waals surface area contributed by atoms with Crippen molar-refractivity contribution in [2.75, 3.05) is 17.8 Å². The average molecular weight is 195 g/mol. The summed E-state index contributed by atoms with van der Waals surface area (Å²) in [5, 5.41) is 0. The lowest BCUT2D eigenvalue weighted by molar-refractivity contribution is 0.505. The Balaban J connectivity index is 2.50. The van der Waals surface area contributed by atoms with Crippen molar-refractivity contribution in [3.8, 4) is 0 Å². The largest absolute Gasteiger partial charge is 0.213 e. The summed E-state index contributed by atoms with van der Waals surface area (Å²) in [6.45, 7) is 2.07. The molecule has 0 bridgehead atoms. The molecule has 1 N–H and O–H groups in total. The molecule has 1 rings (SSSR count). The average Bonchev–Trinajstić information content (AvgIpc) is 2.12. The van der Waals surface area contributed by atoms with Crippen LogP contribution in [0.5, 0.6) is 0 Å². The Morgan fingerprint density at radius 2 is 2.09 bits per heavy atom. The molecule has 1 aliphatic rings. The fourth-order valence-corrected chi connectivity index (χ4v) is 3.46. The van der Waals surface area contributed by atoms with Crippen molar-refractivity contribution in [1.29, 1.82) is 0 Å². The maximum atomic E-state index is 10.8. The van der Waals surface area contributed by atoms with Gasteiger partial charge in [-0.15, -0.1) is 0 Å². The molecular weight excluding hydrogens is 182 g/mol. The maximum absolute atomic E-state index is 10.8. The molecule has 2 atom stereocenters. The normalized spacial score (nSPS) is 32.5. The minimum Gasteiger partial charge on any atom is -0.213 e. The monoisotopic (exact) mass is 195 g/mol. The summed E-state index contributed by atoms with van der Waals surface area (Å²) < 4.78 is 24.2. The van der Waals surface area contributed by atoms with Gasteiger partial charge in [0.2, 0.25) is 10.0 Å². The second-order valence-corrected chi connectivity index (χ2v) is 5.87. The molecule has 0 aromatic carbocycles. The standard InChI is InChI=1S/C6H13NO2S2/c1-5-3-10-4-6(5)7-11(2,8)9/h5-7H,3-4H2,1-2H3. The second kappa shape index (κ2) is 3.33. The lowest BCUT2D eigenvalue weighted by Gasteiger charge is -2.13. The summed E-state index contributed by atoms with van der Waals surface area (Å²) in [4.78, 5) is 0. The van der Waals surface area contributed by atoms with E-state index in [1.165, 1.54) is 6.26 Å². The van der Waals surface area contributed by atoms with E-state index in [9.17, 15) is 8.42 Å². The highest BCUT2D eigenvalue weighted by Crippen LogP contribution is 2.23. The van der Waals surface area contributed by atoms with Gasteiger partial charge < -0.3 is 0 Å². The van der Waals surface area contributed by atoms with Crippen molar-refractivity contribution in [2.24, 2.45) is 5.92 Å². The zero-order chi connectivity index (χ0) is 8.48. The van der Waals surface area contributed by atoms with E-state index < -0.39 is 10.0 Å². The number of rotatable bonds is 2. The minimum absolute atomic E-state index is 0.148. The van der Waals surface area contributed by atoms with Crippen LogP contribution >= 0.6 is 11.8 Å². The van der Waals surface area contributed by atoms with Crippen LogP contribution in [-0.2, 0) is 10.0 Å². The van der Waals surface area contributed by atoms with Crippen LogP contribution in [0, 0.1) is 5.92 Å². The maximum Gasteiger partial charge on any atom is 0.208 e. The fraction of sp³-hybridized carbons (Fsp3) is 1.00. The van der Waals surface area contributed by atoms with Gasteiger partial charge in [0.15, 0.2) is 0 Å². The molecule has 0 aromatic rings. The summed E-state index contributed by atoms with van der Waals surface area (Å²) in [6, 6.07) is 0.148. The van der Waals surface area contributed by atoms with Crippen molar-refractivity contribution in [1.82, 2.24) is 4.72 Å². The van der Waals surface area contributed by atoms with Crippen LogP contribution in [-0.4, -0.2) is 32.2 Å².